The second kappa shape index (κ2) is 7.23. The van der Waals surface area contributed by atoms with Crippen molar-refractivity contribution < 1.29 is 5.11 Å². The number of phenols is 1. The van der Waals surface area contributed by atoms with E-state index in [1.165, 1.54) is 4.88 Å². The van der Waals surface area contributed by atoms with Gasteiger partial charge in [0.25, 0.3) is 0 Å². The fraction of sp³-hybridized carbons (Fsp3) is 0.400. The summed E-state index contributed by atoms with van der Waals surface area (Å²) in [6, 6.07) is 5.53. The molecule has 1 aromatic carbocycles. The molecule has 1 N–H and O–H groups in total. The van der Waals surface area contributed by atoms with Crippen LogP contribution in [0.25, 0.3) is 0 Å². The van der Waals surface area contributed by atoms with Crippen LogP contribution in [0.15, 0.2) is 17.1 Å². The lowest BCUT2D eigenvalue weighted by Crippen LogP contribution is -2.26. The Morgan fingerprint density at radius 2 is 1.96 bits per heavy atom. The number of fused-ring (bicyclic) bond motifs is 1. The van der Waals surface area contributed by atoms with Gasteiger partial charge in [-0.15, -0.1) is 11.3 Å². The van der Waals surface area contributed by atoms with Crippen LogP contribution in [-0.4, -0.2) is 11.3 Å². The zero-order valence-corrected chi connectivity index (χ0v) is 17.3. The summed E-state index contributed by atoms with van der Waals surface area (Å²) in [7, 11) is 0. The molecule has 26 heavy (non-hydrogen) atoms. The van der Waals surface area contributed by atoms with Crippen LogP contribution in [-0.2, 0) is 12.8 Å². The second-order valence-electron chi connectivity index (χ2n) is 7.69. The number of aliphatic imine (C=N–C) groups is 1. The maximum atomic E-state index is 9.65. The van der Waals surface area contributed by atoms with Crippen LogP contribution in [0, 0.1) is 22.7 Å². The molecule has 2 aromatic rings. The zero-order valence-electron chi connectivity index (χ0n) is 14.9. The average Bonchev–Trinajstić information content (AvgIpc) is 2.93. The first-order valence-electron chi connectivity index (χ1n) is 8.47. The van der Waals surface area contributed by atoms with Crippen molar-refractivity contribution in [1.82, 2.24) is 0 Å². The maximum absolute atomic E-state index is 9.65. The summed E-state index contributed by atoms with van der Waals surface area (Å²) in [5.41, 5.74) is 2.79. The smallest absolute Gasteiger partial charge is 0.152 e. The molecular formula is C20H20Cl2N2OS. The SMILES string of the molecule is CC(C)(C)[C@H]1CCc2c(sc(N=Cc3cc(Cl)c(O)c(Cl)c3)c2C#N)C1. The Labute approximate surface area is 167 Å². The number of halogens is 2. The zero-order chi connectivity index (χ0) is 19.1. The number of aromatic hydroxyl groups is 1. The standard InChI is InChI=1S/C20H20Cl2N2OS/c1-20(2,3)12-4-5-13-14(9-23)19(26-17(13)8-12)24-10-11-6-15(21)18(25)16(22)7-11/h6-7,10,12,25H,4-5,8H2,1-3H3/t12-/m0/s1. The summed E-state index contributed by atoms with van der Waals surface area (Å²) < 4.78 is 0. The summed E-state index contributed by atoms with van der Waals surface area (Å²) in [6.45, 7) is 6.83. The first kappa shape index (κ1) is 19.2. The van der Waals surface area contributed by atoms with Gasteiger partial charge >= 0.3 is 0 Å². The van der Waals surface area contributed by atoms with Gasteiger partial charge in [0, 0.05) is 11.1 Å². The minimum atomic E-state index is -0.136. The Morgan fingerprint density at radius 3 is 2.54 bits per heavy atom. The lowest BCUT2D eigenvalue weighted by Gasteiger charge is -2.33. The molecule has 0 aliphatic heterocycles. The quantitative estimate of drug-likeness (QED) is 0.575. The van der Waals surface area contributed by atoms with Crippen LogP contribution >= 0.6 is 34.5 Å². The lowest BCUT2D eigenvalue weighted by molar-refractivity contribution is 0.218. The van der Waals surface area contributed by atoms with Crippen molar-refractivity contribution >= 4 is 45.8 Å². The Morgan fingerprint density at radius 1 is 1.31 bits per heavy atom. The van der Waals surface area contributed by atoms with Crippen molar-refractivity contribution in [3.8, 4) is 11.8 Å². The normalized spacial score (nSPS) is 17.3. The van der Waals surface area contributed by atoms with E-state index in [1.807, 2.05) is 0 Å². The molecule has 136 valence electrons. The van der Waals surface area contributed by atoms with Crippen LogP contribution in [0.2, 0.25) is 10.0 Å². The van der Waals surface area contributed by atoms with E-state index in [4.69, 9.17) is 23.2 Å². The van der Waals surface area contributed by atoms with Crippen molar-refractivity contribution in [3.05, 3.63) is 43.7 Å². The molecule has 0 spiro atoms. The number of phenolic OH excluding ortho intramolecular Hbond substituents is 1. The minimum absolute atomic E-state index is 0.136. The number of benzene rings is 1. The number of rotatable bonds is 2. The third kappa shape index (κ3) is 3.76. The fourth-order valence-corrected chi connectivity index (χ4v) is 5.04. The first-order valence-corrected chi connectivity index (χ1v) is 10.0. The number of nitrogens with zero attached hydrogens (tertiary/aromatic N) is 2. The number of hydrogen-bond donors (Lipinski definition) is 1. The van der Waals surface area contributed by atoms with Gasteiger partial charge in [0.15, 0.2) is 5.75 Å². The van der Waals surface area contributed by atoms with Crippen LogP contribution in [0.4, 0.5) is 5.00 Å². The van der Waals surface area contributed by atoms with Crippen molar-refractivity contribution in [1.29, 1.82) is 5.26 Å². The third-order valence-electron chi connectivity index (χ3n) is 4.95. The van der Waals surface area contributed by atoms with Crippen LogP contribution in [0.1, 0.15) is 48.8 Å². The number of thiophene rings is 1. The molecule has 0 unspecified atom stereocenters. The van der Waals surface area contributed by atoms with Gasteiger partial charge in [0.2, 0.25) is 0 Å². The van der Waals surface area contributed by atoms with Gasteiger partial charge in [-0.2, -0.15) is 5.26 Å². The molecule has 1 aliphatic carbocycles. The predicted octanol–water partition coefficient (Wildman–Crippen LogP) is 6.53. The van der Waals surface area contributed by atoms with Crippen molar-refractivity contribution in [2.24, 2.45) is 16.3 Å². The predicted molar refractivity (Wildman–Crippen MR) is 109 cm³/mol. The van der Waals surface area contributed by atoms with Crippen LogP contribution < -0.4 is 0 Å². The van der Waals surface area contributed by atoms with Crippen molar-refractivity contribution in [2.45, 2.75) is 40.0 Å². The molecule has 0 bridgehead atoms. The molecule has 6 heteroatoms. The van der Waals surface area contributed by atoms with E-state index in [1.54, 1.807) is 29.7 Å². The van der Waals surface area contributed by atoms with Gasteiger partial charge in [-0.3, -0.25) is 0 Å². The molecule has 1 aromatic heterocycles. The number of nitriles is 1. The Kier molecular flexibility index (Phi) is 5.35. The monoisotopic (exact) mass is 406 g/mol. The topological polar surface area (TPSA) is 56.4 Å². The average molecular weight is 407 g/mol. The molecule has 0 radical (unpaired) electrons. The molecule has 3 nitrogen and oxygen atoms in total. The maximum Gasteiger partial charge on any atom is 0.152 e. The van der Waals surface area contributed by atoms with Gasteiger partial charge in [-0.1, -0.05) is 44.0 Å². The Bertz CT molecular complexity index is 896. The lowest BCUT2D eigenvalue weighted by atomic mass is 9.72. The second-order valence-corrected chi connectivity index (χ2v) is 9.59. The summed E-state index contributed by atoms with van der Waals surface area (Å²) in [5, 5.41) is 20.4. The van der Waals surface area contributed by atoms with E-state index in [2.05, 4.69) is 31.8 Å². The number of hydrogen-bond acceptors (Lipinski definition) is 4. The molecule has 1 heterocycles. The minimum Gasteiger partial charge on any atom is -0.505 e. The van der Waals surface area contributed by atoms with E-state index in [9.17, 15) is 10.4 Å². The molecule has 0 saturated heterocycles. The van der Waals surface area contributed by atoms with E-state index >= 15 is 0 Å². The van der Waals surface area contributed by atoms with Gasteiger partial charge in [-0.25, -0.2) is 4.99 Å². The van der Waals surface area contributed by atoms with E-state index in [0.717, 1.165) is 29.8 Å². The van der Waals surface area contributed by atoms with Gasteiger partial charge in [-0.05, 0) is 53.9 Å². The highest BCUT2D eigenvalue weighted by Crippen LogP contribution is 2.45. The Balaban J connectivity index is 1.93. The summed E-state index contributed by atoms with van der Waals surface area (Å²) in [5.74, 6) is 0.481. The van der Waals surface area contributed by atoms with Crippen molar-refractivity contribution in [2.75, 3.05) is 0 Å². The molecular weight excluding hydrogens is 387 g/mol. The summed E-state index contributed by atoms with van der Waals surface area (Å²) in [6.07, 6.45) is 4.68. The van der Waals surface area contributed by atoms with E-state index < -0.39 is 0 Å². The van der Waals surface area contributed by atoms with Gasteiger partial charge in [0.05, 0.1) is 15.6 Å². The Hall–Kier alpha value is -1.54. The molecule has 1 aliphatic rings. The molecule has 0 saturated carbocycles. The first-order chi connectivity index (χ1) is 12.2. The molecule has 3 rings (SSSR count). The van der Waals surface area contributed by atoms with E-state index in [0.29, 0.717) is 17.0 Å². The third-order valence-corrected chi connectivity index (χ3v) is 6.69. The van der Waals surface area contributed by atoms with Gasteiger partial charge < -0.3 is 5.11 Å². The highest BCUT2D eigenvalue weighted by molar-refractivity contribution is 7.16. The highest BCUT2D eigenvalue weighted by atomic mass is 35.5. The molecule has 0 amide bonds. The molecule has 1 atom stereocenters. The van der Waals surface area contributed by atoms with Crippen LogP contribution in [0.3, 0.4) is 0 Å². The fourth-order valence-electron chi connectivity index (χ4n) is 3.31. The highest BCUT2D eigenvalue weighted by Gasteiger charge is 2.32. The van der Waals surface area contributed by atoms with Crippen LogP contribution in [0.5, 0.6) is 5.75 Å². The summed E-state index contributed by atoms with van der Waals surface area (Å²) >= 11 is 13.5. The van der Waals surface area contributed by atoms with Crippen molar-refractivity contribution in [3.63, 3.8) is 0 Å². The van der Waals surface area contributed by atoms with E-state index in [-0.39, 0.29) is 21.2 Å². The summed E-state index contributed by atoms with van der Waals surface area (Å²) in [4.78, 5) is 5.80. The molecule has 0 fully saturated rings. The largest absolute Gasteiger partial charge is 0.505 e. The van der Waals surface area contributed by atoms with Gasteiger partial charge in [0.1, 0.15) is 11.1 Å².